The molecule has 0 heterocycles. The highest BCUT2D eigenvalue weighted by Gasteiger charge is 2.28. The minimum absolute atomic E-state index is 0.0471. The van der Waals surface area contributed by atoms with Crippen molar-refractivity contribution in [3.63, 3.8) is 0 Å². The molecule has 0 rings (SSSR count). The van der Waals surface area contributed by atoms with Crippen LogP contribution in [0.4, 0.5) is 0 Å². The van der Waals surface area contributed by atoms with Gasteiger partial charge in [0.1, 0.15) is 0 Å². The summed E-state index contributed by atoms with van der Waals surface area (Å²) >= 11 is 0. The summed E-state index contributed by atoms with van der Waals surface area (Å²) in [4.78, 5) is 2.40. The van der Waals surface area contributed by atoms with Crippen molar-refractivity contribution in [3.8, 4) is 0 Å². The van der Waals surface area contributed by atoms with Crippen LogP contribution >= 0.6 is 0 Å². The number of unbranched alkanes of at least 4 members (excludes halogenated alkanes) is 1. The molecule has 0 fully saturated rings. The van der Waals surface area contributed by atoms with E-state index in [4.69, 9.17) is 5.73 Å². The van der Waals surface area contributed by atoms with E-state index in [2.05, 4.69) is 39.5 Å². The molecule has 0 saturated heterocycles. The Morgan fingerprint density at radius 2 is 1.76 bits per heavy atom. The summed E-state index contributed by atoms with van der Waals surface area (Å²) < 4.78 is 0. The van der Waals surface area contributed by atoms with Gasteiger partial charge in [-0.3, -0.25) is 4.90 Å². The molecular weight excluding hydrogens is 212 g/mol. The van der Waals surface area contributed by atoms with E-state index >= 15 is 0 Å². The van der Waals surface area contributed by atoms with Gasteiger partial charge in [-0.2, -0.15) is 0 Å². The highest BCUT2D eigenvalue weighted by atomic mass is 16.3. The van der Waals surface area contributed by atoms with E-state index in [9.17, 15) is 5.11 Å². The molecule has 3 unspecified atom stereocenters. The third-order valence-corrected chi connectivity index (χ3v) is 3.75. The first kappa shape index (κ1) is 16.9. The van der Waals surface area contributed by atoms with Gasteiger partial charge in [0.05, 0.1) is 6.61 Å². The summed E-state index contributed by atoms with van der Waals surface area (Å²) in [6.07, 6.45) is 3.46. The number of hydrogen-bond donors (Lipinski definition) is 2. The van der Waals surface area contributed by atoms with Crippen molar-refractivity contribution in [2.45, 2.75) is 72.0 Å². The number of nitrogens with two attached hydrogens (primary N) is 1. The monoisotopic (exact) mass is 244 g/mol. The zero-order valence-electron chi connectivity index (χ0n) is 12.3. The molecule has 17 heavy (non-hydrogen) atoms. The molecule has 104 valence electrons. The smallest absolute Gasteiger partial charge is 0.0602 e. The molecule has 3 nitrogen and oxygen atoms in total. The van der Waals surface area contributed by atoms with E-state index in [1.54, 1.807) is 0 Å². The van der Waals surface area contributed by atoms with Gasteiger partial charge in [0.25, 0.3) is 0 Å². The Kier molecular flexibility index (Phi) is 8.83. The average molecular weight is 244 g/mol. The van der Waals surface area contributed by atoms with Crippen molar-refractivity contribution >= 4 is 0 Å². The van der Waals surface area contributed by atoms with Gasteiger partial charge in [-0.25, -0.2) is 0 Å². The van der Waals surface area contributed by atoms with Gasteiger partial charge in [-0.15, -0.1) is 0 Å². The van der Waals surface area contributed by atoms with Crippen LogP contribution in [0.3, 0.4) is 0 Å². The van der Waals surface area contributed by atoms with E-state index in [1.165, 1.54) is 12.8 Å². The quantitative estimate of drug-likeness (QED) is 0.654. The van der Waals surface area contributed by atoms with Crippen LogP contribution in [-0.4, -0.2) is 41.3 Å². The average Bonchev–Trinajstić information content (AvgIpc) is 2.32. The Bertz CT molecular complexity index is 185. The lowest BCUT2D eigenvalue weighted by atomic mass is 9.95. The van der Waals surface area contributed by atoms with Gasteiger partial charge in [0.15, 0.2) is 0 Å². The van der Waals surface area contributed by atoms with E-state index in [0.717, 1.165) is 13.0 Å². The fourth-order valence-electron chi connectivity index (χ4n) is 2.18. The first-order chi connectivity index (χ1) is 7.99. The van der Waals surface area contributed by atoms with Crippen LogP contribution in [0.15, 0.2) is 0 Å². The van der Waals surface area contributed by atoms with Crippen LogP contribution in [0.2, 0.25) is 0 Å². The summed E-state index contributed by atoms with van der Waals surface area (Å²) in [5.74, 6) is 0.403. The Labute approximate surface area is 107 Å². The fraction of sp³-hybridized carbons (Fsp3) is 1.00. The first-order valence-electron chi connectivity index (χ1n) is 7.11. The minimum atomic E-state index is 0.0471. The normalized spacial score (nSPS) is 17.5. The Balaban J connectivity index is 4.70. The second-order valence-corrected chi connectivity index (χ2v) is 5.42. The summed E-state index contributed by atoms with van der Waals surface area (Å²) in [5.41, 5.74) is 6.23. The summed E-state index contributed by atoms with van der Waals surface area (Å²) in [6, 6.07) is 0.630. The maximum Gasteiger partial charge on any atom is 0.0602 e. The summed E-state index contributed by atoms with van der Waals surface area (Å²) in [6.45, 7) is 12.1. The molecule has 0 aromatic heterocycles. The van der Waals surface area contributed by atoms with E-state index in [1.807, 2.05) is 0 Å². The minimum Gasteiger partial charge on any atom is -0.395 e. The molecule has 3 heteroatoms. The molecule has 0 saturated carbocycles. The highest BCUT2D eigenvalue weighted by molar-refractivity contribution is 4.86. The number of nitrogens with zero attached hydrogens (tertiary/aromatic N) is 1. The Morgan fingerprint density at radius 1 is 1.18 bits per heavy atom. The topological polar surface area (TPSA) is 49.5 Å². The second kappa shape index (κ2) is 8.90. The molecule has 0 spiro atoms. The standard InChI is InChI=1S/C14H32N2O/c1-6-8-9-16(12(5)7-2)13(10-17)14(15)11(3)4/h11-14,17H,6-10,15H2,1-5H3. The number of aliphatic hydroxyl groups is 1. The first-order valence-corrected chi connectivity index (χ1v) is 7.11. The molecule has 3 atom stereocenters. The molecule has 0 aliphatic heterocycles. The van der Waals surface area contributed by atoms with E-state index in [-0.39, 0.29) is 18.7 Å². The second-order valence-electron chi connectivity index (χ2n) is 5.42. The van der Waals surface area contributed by atoms with Crippen LogP contribution in [0.25, 0.3) is 0 Å². The van der Waals surface area contributed by atoms with Crippen LogP contribution in [0.1, 0.15) is 53.9 Å². The molecule has 0 radical (unpaired) electrons. The predicted octanol–water partition coefficient (Wildman–Crippen LogP) is 2.23. The van der Waals surface area contributed by atoms with Crippen LogP contribution in [0.5, 0.6) is 0 Å². The lowest BCUT2D eigenvalue weighted by molar-refractivity contribution is 0.0593. The third kappa shape index (κ3) is 5.36. The van der Waals surface area contributed by atoms with Gasteiger partial charge in [-0.05, 0) is 32.2 Å². The largest absolute Gasteiger partial charge is 0.395 e. The van der Waals surface area contributed by atoms with Crippen LogP contribution < -0.4 is 5.73 Å². The van der Waals surface area contributed by atoms with Crippen molar-refractivity contribution in [1.82, 2.24) is 4.90 Å². The molecule has 0 aromatic rings. The summed E-state index contributed by atoms with van der Waals surface area (Å²) in [7, 11) is 0. The maximum absolute atomic E-state index is 9.64. The number of aliphatic hydroxyl groups excluding tert-OH is 1. The van der Waals surface area contributed by atoms with E-state index in [0.29, 0.717) is 12.0 Å². The van der Waals surface area contributed by atoms with Crippen LogP contribution in [0, 0.1) is 5.92 Å². The van der Waals surface area contributed by atoms with Gasteiger partial charge >= 0.3 is 0 Å². The van der Waals surface area contributed by atoms with Crippen molar-refractivity contribution in [3.05, 3.63) is 0 Å². The Morgan fingerprint density at radius 3 is 2.12 bits per heavy atom. The predicted molar refractivity (Wildman–Crippen MR) is 75.1 cm³/mol. The molecule has 0 aliphatic carbocycles. The van der Waals surface area contributed by atoms with Crippen molar-refractivity contribution in [2.75, 3.05) is 13.2 Å². The maximum atomic E-state index is 9.64. The molecular formula is C14H32N2O. The van der Waals surface area contributed by atoms with Crippen molar-refractivity contribution in [1.29, 1.82) is 0 Å². The van der Waals surface area contributed by atoms with Gasteiger partial charge in [0.2, 0.25) is 0 Å². The lowest BCUT2D eigenvalue weighted by Crippen LogP contribution is -2.55. The van der Waals surface area contributed by atoms with Crippen molar-refractivity contribution in [2.24, 2.45) is 11.7 Å². The van der Waals surface area contributed by atoms with Gasteiger partial charge in [0, 0.05) is 18.1 Å². The summed E-state index contributed by atoms with van der Waals surface area (Å²) in [5, 5.41) is 9.64. The zero-order chi connectivity index (χ0) is 13.4. The van der Waals surface area contributed by atoms with Gasteiger partial charge < -0.3 is 10.8 Å². The van der Waals surface area contributed by atoms with Crippen molar-refractivity contribution < 1.29 is 5.11 Å². The molecule has 3 N–H and O–H groups in total. The Hall–Kier alpha value is -0.120. The molecule has 0 aliphatic rings. The van der Waals surface area contributed by atoms with Gasteiger partial charge in [-0.1, -0.05) is 34.1 Å². The number of hydrogen-bond acceptors (Lipinski definition) is 3. The lowest BCUT2D eigenvalue weighted by Gasteiger charge is -2.39. The molecule has 0 amide bonds. The fourth-order valence-corrected chi connectivity index (χ4v) is 2.18. The van der Waals surface area contributed by atoms with Crippen LogP contribution in [-0.2, 0) is 0 Å². The number of rotatable bonds is 9. The third-order valence-electron chi connectivity index (χ3n) is 3.75. The molecule has 0 bridgehead atoms. The highest BCUT2D eigenvalue weighted by Crippen LogP contribution is 2.16. The molecule has 0 aromatic carbocycles. The van der Waals surface area contributed by atoms with E-state index < -0.39 is 0 Å². The SMILES string of the molecule is CCCCN(C(C)CC)C(CO)C(N)C(C)C. The zero-order valence-corrected chi connectivity index (χ0v) is 12.3.